The molecule has 0 heterocycles. The minimum Gasteiger partial charge on any atom is -0.370 e. The number of hydrogen-bond acceptors (Lipinski definition) is 3. The third-order valence-corrected chi connectivity index (χ3v) is 0.677. The van der Waals surface area contributed by atoms with Gasteiger partial charge in [0.25, 0.3) is 0 Å². The molecule has 0 fully saturated rings. The highest BCUT2D eigenvalue weighted by Gasteiger charge is 1.68. The molecule has 4 nitrogen and oxygen atoms in total. The van der Waals surface area contributed by atoms with E-state index in [-0.39, 0.29) is 0 Å². The van der Waals surface area contributed by atoms with Crippen LogP contribution in [-0.2, 0) is 0 Å². The second-order valence-electron chi connectivity index (χ2n) is 1.33. The average molecular weight is 128 g/mol. The van der Waals surface area contributed by atoms with Gasteiger partial charge in [-0.3, -0.25) is 4.99 Å². The van der Waals surface area contributed by atoms with Gasteiger partial charge < -0.3 is 10.7 Å². The normalized spacial score (nSPS) is 10.9. The molecule has 0 aromatic heterocycles. The highest BCUT2D eigenvalue weighted by molar-refractivity contribution is 5.65. The zero-order chi connectivity index (χ0) is 6.95. The Morgan fingerprint density at radius 1 is 1.56 bits per heavy atom. The summed E-state index contributed by atoms with van der Waals surface area (Å²) in [4.78, 5) is 3.76. The summed E-state index contributed by atoms with van der Waals surface area (Å²) in [7, 11) is 3.48. The largest absolute Gasteiger partial charge is 0.370 e. The van der Waals surface area contributed by atoms with Crippen molar-refractivity contribution in [3.8, 4) is 0 Å². The van der Waals surface area contributed by atoms with Crippen LogP contribution in [0.5, 0.6) is 0 Å². The summed E-state index contributed by atoms with van der Waals surface area (Å²) in [5, 5.41) is 6.58. The molecule has 0 bridgehead atoms. The van der Waals surface area contributed by atoms with E-state index in [4.69, 9.17) is 0 Å². The molecule has 0 radical (unpaired) electrons. The topological polar surface area (TPSA) is 48.8 Å². The fourth-order valence-corrected chi connectivity index (χ4v) is 0.307. The van der Waals surface area contributed by atoms with Gasteiger partial charge in [0.2, 0.25) is 0 Å². The summed E-state index contributed by atoms with van der Waals surface area (Å²) in [5.74, 6) is 0. The molecule has 52 valence electrons. The summed E-state index contributed by atoms with van der Waals surface area (Å²) in [5.41, 5.74) is 2.61. The van der Waals surface area contributed by atoms with Crippen LogP contribution in [0.2, 0.25) is 0 Å². The van der Waals surface area contributed by atoms with E-state index in [1.54, 1.807) is 26.6 Å². The maximum atomic E-state index is 3.76. The summed E-state index contributed by atoms with van der Waals surface area (Å²) < 4.78 is 0. The Labute approximate surface area is 55.1 Å². The van der Waals surface area contributed by atoms with Crippen molar-refractivity contribution < 1.29 is 0 Å². The second-order valence-corrected chi connectivity index (χ2v) is 1.33. The molecule has 0 amide bonds. The van der Waals surface area contributed by atoms with Crippen molar-refractivity contribution in [1.82, 2.24) is 10.7 Å². The summed E-state index contributed by atoms with van der Waals surface area (Å²) in [6.45, 7) is 0.724. The van der Waals surface area contributed by atoms with Gasteiger partial charge in [-0.1, -0.05) is 0 Å². The molecule has 0 aliphatic carbocycles. The van der Waals surface area contributed by atoms with Gasteiger partial charge in [0.05, 0.1) is 6.54 Å². The number of hydrazone groups is 1. The third-order valence-electron chi connectivity index (χ3n) is 0.677. The van der Waals surface area contributed by atoms with Gasteiger partial charge in [-0.25, -0.2) is 0 Å². The van der Waals surface area contributed by atoms with E-state index in [0.717, 1.165) is 6.54 Å². The maximum Gasteiger partial charge on any atom is 0.108 e. The molecular formula is C5H12N4. The van der Waals surface area contributed by atoms with Crippen molar-refractivity contribution in [2.75, 3.05) is 20.6 Å². The van der Waals surface area contributed by atoms with Crippen LogP contribution in [0.3, 0.4) is 0 Å². The number of nitrogens with one attached hydrogen (secondary N) is 2. The molecule has 0 spiro atoms. The lowest BCUT2D eigenvalue weighted by Crippen LogP contribution is -2.15. The van der Waals surface area contributed by atoms with Crippen LogP contribution in [0.25, 0.3) is 0 Å². The highest BCUT2D eigenvalue weighted by Crippen LogP contribution is 1.51. The first kappa shape index (κ1) is 7.94. The van der Waals surface area contributed by atoms with Crippen molar-refractivity contribution in [2.45, 2.75) is 0 Å². The number of aliphatic imine (C=N–C) groups is 1. The van der Waals surface area contributed by atoms with E-state index in [9.17, 15) is 0 Å². The van der Waals surface area contributed by atoms with Crippen LogP contribution in [0, 0.1) is 0 Å². The van der Waals surface area contributed by atoms with Gasteiger partial charge >= 0.3 is 0 Å². The number of hydrogen-bond donors (Lipinski definition) is 2. The monoisotopic (exact) mass is 128 g/mol. The Hall–Kier alpha value is -1.06. The SMILES string of the molecule is C/N=C\CN/C=N/NC. The molecule has 0 saturated carbocycles. The predicted octanol–water partition coefficient (Wildman–Crippen LogP) is -0.561. The molecule has 4 heteroatoms. The van der Waals surface area contributed by atoms with Crippen LogP contribution >= 0.6 is 0 Å². The van der Waals surface area contributed by atoms with Crippen molar-refractivity contribution in [3.63, 3.8) is 0 Å². The molecule has 9 heavy (non-hydrogen) atoms. The molecule has 0 aromatic rings. The molecule has 0 aliphatic rings. The van der Waals surface area contributed by atoms with Crippen molar-refractivity contribution in [3.05, 3.63) is 0 Å². The Kier molecular flexibility index (Phi) is 6.12. The lowest BCUT2D eigenvalue weighted by atomic mass is 10.7. The van der Waals surface area contributed by atoms with Crippen LogP contribution < -0.4 is 10.7 Å². The van der Waals surface area contributed by atoms with E-state index in [0.29, 0.717) is 0 Å². The quantitative estimate of drug-likeness (QED) is 0.231. The fraction of sp³-hybridized carbons (Fsp3) is 0.600. The summed E-state index contributed by atoms with van der Waals surface area (Å²) in [6, 6.07) is 0. The maximum absolute atomic E-state index is 3.76. The van der Waals surface area contributed by atoms with Gasteiger partial charge in [-0.05, 0) is 0 Å². The fourth-order valence-electron chi connectivity index (χ4n) is 0.307. The van der Waals surface area contributed by atoms with Crippen LogP contribution in [-0.4, -0.2) is 33.2 Å². The minimum atomic E-state index is 0.724. The van der Waals surface area contributed by atoms with E-state index >= 15 is 0 Å². The van der Waals surface area contributed by atoms with Crippen molar-refractivity contribution in [1.29, 1.82) is 0 Å². The zero-order valence-corrected chi connectivity index (χ0v) is 5.76. The first-order valence-corrected chi connectivity index (χ1v) is 2.74. The van der Waals surface area contributed by atoms with Crippen LogP contribution in [0.15, 0.2) is 10.1 Å². The summed E-state index contributed by atoms with van der Waals surface area (Å²) in [6.07, 6.45) is 3.35. The zero-order valence-electron chi connectivity index (χ0n) is 5.76. The smallest absolute Gasteiger partial charge is 0.108 e. The lowest BCUT2D eigenvalue weighted by molar-refractivity contribution is 0.892. The first-order chi connectivity index (χ1) is 4.41. The molecule has 0 unspecified atom stereocenters. The van der Waals surface area contributed by atoms with Gasteiger partial charge in [0.15, 0.2) is 0 Å². The molecule has 0 aromatic carbocycles. The Morgan fingerprint density at radius 3 is 2.89 bits per heavy atom. The molecule has 0 saturated heterocycles. The highest BCUT2D eigenvalue weighted by atomic mass is 15.3. The Morgan fingerprint density at radius 2 is 2.33 bits per heavy atom. The third kappa shape index (κ3) is 6.94. The van der Waals surface area contributed by atoms with E-state index in [1.165, 1.54) is 0 Å². The van der Waals surface area contributed by atoms with E-state index < -0.39 is 0 Å². The molecular weight excluding hydrogens is 116 g/mol. The van der Waals surface area contributed by atoms with E-state index in [2.05, 4.69) is 20.8 Å². The van der Waals surface area contributed by atoms with Gasteiger partial charge in [0.1, 0.15) is 6.34 Å². The van der Waals surface area contributed by atoms with Gasteiger partial charge in [-0.15, -0.1) is 0 Å². The lowest BCUT2D eigenvalue weighted by Gasteiger charge is -1.90. The van der Waals surface area contributed by atoms with Crippen LogP contribution in [0.1, 0.15) is 0 Å². The molecule has 0 rings (SSSR count). The van der Waals surface area contributed by atoms with Gasteiger partial charge in [-0.2, -0.15) is 5.10 Å². The molecule has 0 aliphatic heterocycles. The van der Waals surface area contributed by atoms with Gasteiger partial charge in [0, 0.05) is 20.3 Å². The predicted molar refractivity (Wildman–Crippen MR) is 40.0 cm³/mol. The van der Waals surface area contributed by atoms with Crippen molar-refractivity contribution >= 4 is 12.6 Å². The first-order valence-electron chi connectivity index (χ1n) is 2.74. The number of rotatable bonds is 4. The summed E-state index contributed by atoms with van der Waals surface area (Å²) >= 11 is 0. The minimum absolute atomic E-state index is 0.724. The average Bonchev–Trinajstić information content (AvgIpc) is 1.89. The Balaban J connectivity index is 2.99. The van der Waals surface area contributed by atoms with Crippen molar-refractivity contribution in [2.24, 2.45) is 10.1 Å². The number of nitrogens with zero attached hydrogens (tertiary/aromatic N) is 2. The van der Waals surface area contributed by atoms with Crippen LogP contribution in [0.4, 0.5) is 0 Å². The van der Waals surface area contributed by atoms with E-state index in [1.807, 2.05) is 0 Å². The standard InChI is InChI=1S/C5H12N4/c1-6-3-4-8-5-9-7-2/h3,5,7H,4H2,1-2H3,(H,8,9)/b6-3-. The molecule has 2 N–H and O–H groups in total. The molecule has 0 atom stereocenters. The Bertz CT molecular complexity index is 97.1. The second kappa shape index (κ2) is 6.94.